The summed E-state index contributed by atoms with van der Waals surface area (Å²) in [6, 6.07) is 0. The first kappa shape index (κ1) is 15.2. The summed E-state index contributed by atoms with van der Waals surface area (Å²) in [6.07, 6.45) is 0. The minimum absolute atomic E-state index is 0. The molecule has 0 unspecified atom stereocenters. The van der Waals surface area contributed by atoms with E-state index in [1.165, 1.54) is 0 Å². The Morgan fingerprint density at radius 1 is 1.36 bits per heavy atom. The van der Waals surface area contributed by atoms with Crippen molar-refractivity contribution in [3.63, 3.8) is 0 Å². The molecule has 0 saturated heterocycles. The maximum atomic E-state index is 9.90. The molecule has 4 nitrogen and oxygen atoms in total. The molecule has 0 bridgehead atoms. The molecule has 62 valence electrons. The van der Waals surface area contributed by atoms with E-state index < -0.39 is 10.4 Å². The average Bonchev–Trinajstić information content (AvgIpc) is 1.57. The van der Waals surface area contributed by atoms with Crippen LogP contribution in [-0.4, -0.2) is 19.6 Å². The quantitative estimate of drug-likeness (QED) is 0.403. The van der Waals surface area contributed by atoms with E-state index in [9.17, 15) is 13.0 Å². The van der Waals surface area contributed by atoms with Gasteiger partial charge in [-0.3, -0.25) is 4.18 Å². The molecule has 0 atom stereocenters. The van der Waals surface area contributed by atoms with Gasteiger partial charge < -0.3 is 4.55 Å². The summed E-state index contributed by atoms with van der Waals surface area (Å²) in [4.78, 5) is 0. The van der Waals surface area contributed by atoms with Crippen LogP contribution in [-0.2, 0) is 14.6 Å². The zero-order valence-electron chi connectivity index (χ0n) is 7.25. The molecule has 6 heteroatoms. The van der Waals surface area contributed by atoms with Gasteiger partial charge >= 0.3 is 58.2 Å². The topological polar surface area (TPSA) is 66.4 Å². The molecule has 0 aromatic carbocycles. The molecule has 0 rings (SSSR count). The van der Waals surface area contributed by atoms with Crippen LogP contribution in [0.5, 0.6) is 0 Å². The van der Waals surface area contributed by atoms with Gasteiger partial charge in [-0.1, -0.05) is 20.8 Å². The van der Waals surface area contributed by atoms with Gasteiger partial charge in [0.2, 0.25) is 10.4 Å². The molecule has 0 spiro atoms. The Balaban J connectivity index is 0. The van der Waals surface area contributed by atoms with Crippen molar-refractivity contribution in [3.8, 4) is 0 Å². The van der Waals surface area contributed by atoms with E-state index in [2.05, 4.69) is 4.18 Å². The average molecular weight is 253 g/mol. The Morgan fingerprint density at radius 3 is 1.82 bits per heavy atom. The molecular weight excluding hydrogens is 242 g/mol. The molecule has 11 heavy (non-hydrogen) atoms. The van der Waals surface area contributed by atoms with Gasteiger partial charge in [-0.05, 0) is 5.41 Å². The van der Waals surface area contributed by atoms with E-state index in [1.807, 2.05) is 0 Å². The zero-order valence-corrected chi connectivity index (χ0v) is 13.0. The van der Waals surface area contributed by atoms with E-state index in [1.54, 1.807) is 20.8 Å². The second-order valence-corrected chi connectivity index (χ2v) is 4.28. The fourth-order valence-corrected chi connectivity index (χ4v) is 0.747. The Morgan fingerprint density at radius 2 is 1.73 bits per heavy atom. The molecule has 0 N–H and O–H groups in total. The van der Waals surface area contributed by atoms with Crippen LogP contribution < -0.4 is 58.2 Å². The summed E-state index contributed by atoms with van der Waals surface area (Å²) in [6.45, 7) is 5.26. The van der Waals surface area contributed by atoms with Crippen LogP contribution in [0.1, 0.15) is 20.8 Å². The number of rotatable bonds is 2. The van der Waals surface area contributed by atoms with Gasteiger partial charge in [0.05, 0.1) is 6.61 Å². The van der Waals surface area contributed by atoms with Gasteiger partial charge in [0.1, 0.15) is 0 Å². The summed E-state index contributed by atoms with van der Waals surface area (Å²) >= 11 is 0. The molecule has 0 aliphatic heterocycles. The van der Waals surface area contributed by atoms with Crippen molar-refractivity contribution in [2.45, 2.75) is 20.8 Å². The number of hydrogen-bond acceptors (Lipinski definition) is 4. The smallest absolute Gasteiger partial charge is 0.726 e. The fourth-order valence-electron chi connectivity index (χ4n) is 0.249. The zero-order chi connectivity index (χ0) is 8.41. The van der Waals surface area contributed by atoms with Gasteiger partial charge in [-0.2, -0.15) is 0 Å². The Labute approximate surface area is 116 Å². The molecule has 0 fully saturated rings. The summed E-state index contributed by atoms with van der Waals surface area (Å²) < 4.78 is 33.7. The van der Waals surface area contributed by atoms with Crippen LogP contribution in [0.4, 0.5) is 0 Å². The Bertz CT molecular complexity index is 191. The summed E-state index contributed by atoms with van der Waals surface area (Å²) in [5, 5.41) is 0. The van der Waals surface area contributed by atoms with Crippen LogP contribution in [0, 0.1) is 5.41 Å². The molecule has 0 heterocycles. The van der Waals surface area contributed by atoms with E-state index >= 15 is 0 Å². The first-order chi connectivity index (χ1) is 4.21. The van der Waals surface area contributed by atoms with Crippen molar-refractivity contribution >= 4 is 10.4 Å². The minimum Gasteiger partial charge on any atom is -0.726 e. The molecule has 0 amide bonds. The Kier molecular flexibility index (Phi) is 7.46. The molecule has 0 aliphatic carbocycles. The van der Waals surface area contributed by atoms with Crippen molar-refractivity contribution in [1.82, 2.24) is 0 Å². The van der Waals surface area contributed by atoms with Crippen molar-refractivity contribution in [2.75, 3.05) is 6.61 Å². The van der Waals surface area contributed by atoms with Crippen LogP contribution in [0.15, 0.2) is 0 Å². The third-order valence-corrected chi connectivity index (χ3v) is 1.04. The van der Waals surface area contributed by atoms with Gasteiger partial charge in [-0.25, -0.2) is 8.42 Å². The summed E-state index contributed by atoms with van der Waals surface area (Å²) in [7, 11) is -4.51. The van der Waals surface area contributed by atoms with Crippen molar-refractivity contribution in [3.05, 3.63) is 0 Å². The van der Waals surface area contributed by atoms with E-state index in [4.69, 9.17) is 0 Å². The third kappa shape index (κ3) is 14.5. The standard InChI is InChI=1S/C5H12O4S.Rb/c1-5(2,3)4-9-10(6,7)8;/h4H2,1-3H3,(H,6,7,8);/q;+1/p-1. The van der Waals surface area contributed by atoms with Crippen LogP contribution in [0.3, 0.4) is 0 Å². The summed E-state index contributed by atoms with van der Waals surface area (Å²) in [5.74, 6) is 0. The minimum atomic E-state index is -4.51. The summed E-state index contributed by atoms with van der Waals surface area (Å²) in [5.41, 5.74) is -0.294. The SMILES string of the molecule is CC(C)(C)COS(=O)(=O)[O-].[Rb+]. The van der Waals surface area contributed by atoms with Crippen molar-refractivity contribution in [2.24, 2.45) is 5.41 Å². The molecule has 0 radical (unpaired) electrons. The maximum Gasteiger partial charge on any atom is 1.00 e. The number of hydrogen-bond donors (Lipinski definition) is 0. The molecule has 0 aromatic rings. The first-order valence-corrected chi connectivity index (χ1v) is 4.14. The van der Waals surface area contributed by atoms with Gasteiger partial charge in [0, 0.05) is 0 Å². The van der Waals surface area contributed by atoms with E-state index in [0.717, 1.165) is 0 Å². The molecule has 0 aliphatic rings. The van der Waals surface area contributed by atoms with Crippen molar-refractivity contribution in [1.29, 1.82) is 0 Å². The van der Waals surface area contributed by atoms with Crippen LogP contribution >= 0.6 is 0 Å². The molecular formula is C5H11O4RbS. The van der Waals surface area contributed by atoms with Gasteiger partial charge in [0.25, 0.3) is 0 Å². The largest absolute Gasteiger partial charge is 1.00 e. The predicted molar refractivity (Wildman–Crippen MR) is 35.1 cm³/mol. The second kappa shape index (κ2) is 5.41. The van der Waals surface area contributed by atoms with Gasteiger partial charge in [-0.15, -0.1) is 0 Å². The molecule has 0 saturated carbocycles. The van der Waals surface area contributed by atoms with Crippen LogP contribution in [0.2, 0.25) is 0 Å². The fraction of sp³-hybridized carbons (Fsp3) is 1.00. The normalized spacial score (nSPS) is 12.4. The van der Waals surface area contributed by atoms with Crippen LogP contribution in [0.25, 0.3) is 0 Å². The van der Waals surface area contributed by atoms with Crippen molar-refractivity contribution < 1.29 is 75.3 Å². The Hall–Kier alpha value is 1.68. The monoisotopic (exact) mass is 252 g/mol. The second-order valence-electron chi connectivity index (χ2n) is 3.23. The maximum absolute atomic E-state index is 9.90. The van der Waals surface area contributed by atoms with Gasteiger partial charge in [0.15, 0.2) is 0 Å². The van der Waals surface area contributed by atoms with E-state index in [0.29, 0.717) is 0 Å². The first-order valence-electron chi connectivity index (χ1n) is 2.81. The van der Waals surface area contributed by atoms with E-state index in [-0.39, 0.29) is 70.2 Å². The third-order valence-electron chi connectivity index (χ3n) is 0.636. The molecule has 0 aromatic heterocycles. The predicted octanol–water partition coefficient (Wildman–Crippen LogP) is -2.49.